The van der Waals surface area contributed by atoms with Gasteiger partial charge >= 0.3 is 6.03 Å². The Labute approximate surface area is 217 Å². The molecule has 196 valence electrons. The van der Waals surface area contributed by atoms with Crippen molar-refractivity contribution < 1.29 is 18.7 Å². The van der Waals surface area contributed by atoms with Crippen molar-refractivity contribution >= 4 is 18.2 Å². The smallest absolute Gasteiger partial charge is 0.341 e. The van der Waals surface area contributed by atoms with Crippen LogP contribution >= 0.6 is 0 Å². The van der Waals surface area contributed by atoms with E-state index < -0.39 is 17.7 Å². The molecule has 2 aromatic heterocycles. The monoisotopic (exact) mass is 521 g/mol. The van der Waals surface area contributed by atoms with Gasteiger partial charge in [0.05, 0.1) is 36.2 Å². The molecular weight excluding hydrogens is 496 g/mol. The first-order valence-electron chi connectivity index (χ1n) is 12.0. The van der Waals surface area contributed by atoms with Crippen LogP contribution in [0.25, 0.3) is 11.3 Å². The number of piperazine rings is 1. The maximum Gasteiger partial charge on any atom is 0.341 e. The van der Waals surface area contributed by atoms with Crippen molar-refractivity contribution in [3.63, 3.8) is 0 Å². The minimum atomic E-state index is -0.622. The molecule has 2 amide bonds. The van der Waals surface area contributed by atoms with E-state index in [4.69, 9.17) is 0 Å². The standard InChI is InChI=1S/C25H25F2N9O2/c1-15-22(20(14-37)32-33(15)2)23-19(27)13-29-24(31-23)34-5-7-35(8-6-34)25(38)36-21(3-4-30-36)17-9-16(12-28)10-18(26)11-17/h4,9-11,13,21,37H,3,5-8,14H2,1-2H3. The molecule has 5 rings (SSSR count). The van der Waals surface area contributed by atoms with E-state index in [2.05, 4.69) is 20.2 Å². The molecule has 13 heteroatoms. The Morgan fingerprint density at radius 1 is 1.21 bits per heavy atom. The molecule has 0 aliphatic carbocycles. The lowest BCUT2D eigenvalue weighted by Gasteiger charge is -2.37. The number of carbonyl (C=O) groups excluding carboxylic acids is 1. The number of urea groups is 1. The quantitative estimate of drug-likeness (QED) is 0.559. The van der Waals surface area contributed by atoms with E-state index >= 15 is 0 Å². The summed E-state index contributed by atoms with van der Waals surface area (Å²) in [6.07, 6.45) is 3.11. The Bertz CT molecular complexity index is 1460. The summed E-state index contributed by atoms with van der Waals surface area (Å²) in [6.45, 7) is 2.89. The molecule has 1 N–H and O–H groups in total. The number of hydrogen-bond donors (Lipinski definition) is 1. The number of nitriles is 1. The molecule has 0 saturated carbocycles. The van der Waals surface area contributed by atoms with Crippen molar-refractivity contribution in [2.24, 2.45) is 12.1 Å². The van der Waals surface area contributed by atoms with Crippen LogP contribution in [-0.2, 0) is 13.7 Å². The highest BCUT2D eigenvalue weighted by atomic mass is 19.1. The van der Waals surface area contributed by atoms with Crippen LogP contribution in [0.5, 0.6) is 0 Å². The molecule has 1 atom stereocenters. The zero-order valence-electron chi connectivity index (χ0n) is 20.8. The topological polar surface area (TPSA) is 127 Å². The van der Waals surface area contributed by atoms with Gasteiger partial charge in [0.1, 0.15) is 11.5 Å². The molecule has 1 saturated heterocycles. The Morgan fingerprint density at radius 2 is 1.97 bits per heavy atom. The Balaban J connectivity index is 1.30. The lowest BCUT2D eigenvalue weighted by Crippen LogP contribution is -2.52. The van der Waals surface area contributed by atoms with Gasteiger partial charge in [-0.15, -0.1) is 0 Å². The van der Waals surface area contributed by atoms with Gasteiger partial charge in [-0.05, 0) is 30.7 Å². The third-order valence-electron chi connectivity index (χ3n) is 6.82. The number of rotatable bonds is 4. The average molecular weight is 522 g/mol. The van der Waals surface area contributed by atoms with E-state index in [9.17, 15) is 23.9 Å². The van der Waals surface area contributed by atoms with Gasteiger partial charge in [0.2, 0.25) is 5.95 Å². The molecule has 3 aromatic rings. The molecule has 11 nitrogen and oxygen atoms in total. The maximum absolute atomic E-state index is 14.7. The van der Waals surface area contributed by atoms with Crippen LogP contribution in [-0.4, -0.2) is 73.2 Å². The third kappa shape index (κ3) is 4.54. The number of aliphatic hydroxyl groups is 1. The SMILES string of the molecule is Cc1c(-c2nc(N3CCN(C(=O)N4N=CCC4c4cc(F)cc(C#N)c4)CC3)ncc2F)c(CO)nn1C. The molecule has 1 aromatic carbocycles. The summed E-state index contributed by atoms with van der Waals surface area (Å²) in [6, 6.07) is 5.13. The van der Waals surface area contributed by atoms with Gasteiger partial charge in [-0.25, -0.2) is 28.6 Å². The summed E-state index contributed by atoms with van der Waals surface area (Å²) >= 11 is 0. The Kier molecular flexibility index (Phi) is 6.73. The van der Waals surface area contributed by atoms with E-state index in [0.29, 0.717) is 61.1 Å². The highest BCUT2D eigenvalue weighted by molar-refractivity contribution is 5.79. The number of hydrazone groups is 1. The maximum atomic E-state index is 14.7. The highest BCUT2D eigenvalue weighted by Gasteiger charge is 2.34. The second-order valence-corrected chi connectivity index (χ2v) is 9.09. The van der Waals surface area contributed by atoms with Gasteiger partial charge in [0, 0.05) is 57.1 Å². The lowest BCUT2D eigenvalue weighted by atomic mass is 10.0. The van der Waals surface area contributed by atoms with Gasteiger partial charge in [-0.3, -0.25) is 4.68 Å². The fourth-order valence-electron chi connectivity index (χ4n) is 4.77. The van der Waals surface area contributed by atoms with Crippen molar-refractivity contribution in [2.45, 2.75) is 26.0 Å². The van der Waals surface area contributed by atoms with Gasteiger partial charge in [0.25, 0.3) is 0 Å². The summed E-state index contributed by atoms with van der Waals surface area (Å²) in [7, 11) is 1.71. The summed E-state index contributed by atoms with van der Waals surface area (Å²) in [4.78, 5) is 25.4. The summed E-state index contributed by atoms with van der Waals surface area (Å²) in [5.41, 5.74) is 2.16. The largest absolute Gasteiger partial charge is 0.390 e. The first-order valence-corrected chi connectivity index (χ1v) is 12.0. The molecule has 0 bridgehead atoms. The zero-order valence-corrected chi connectivity index (χ0v) is 20.8. The molecule has 0 spiro atoms. The summed E-state index contributed by atoms with van der Waals surface area (Å²) < 4.78 is 30.3. The minimum Gasteiger partial charge on any atom is -0.390 e. The molecule has 2 aliphatic rings. The molecule has 1 fully saturated rings. The van der Waals surface area contributed by atoms with Gasteiger partial charge < -0.3 is 14.9 Å². The van der Waals surface area contributed by atoms with Gasteiger partial charge in [0.15, 0.2) is 5.82 Å². The van der Waals surface area contributed by atoms with Crippen LogP contribution in [0.4, 0.5) is 19.5 Å². The number of amides is 2. The van der Waals surface area contributed by atoms with Crippen molar-refractivity contribution in [1.29, 1.82) is 5.26 Å². The Hall–Kier alpha value is -4.44. The van der Waals surface area contributed by atoms with Crippen LogP contribution in [0, 0.1) is 29.9 Å². The number of benzene rings is 1. The van der Waals surface area contributed by atoms with Gasteiger partial charge in [-0.1, -0.05) is 0 Å². The van der Waals surface area contributed by atoms with E-state index in [1.807, 2.05) is 11.0 Å². The number of aromatic nitrogens is 4. The fraction of sp³-hybridized carbons (Fsp3) is 0.360. The predicted molar refractivity (Wildman–Crippen MR) is 133 cm³/mol. The first kappa shape index (κ1) is 25.2. The van der Waals surface area contributed by atoms with E-state index in [1.165, 1.54) is 11.1 Å². The predicted octanol–water partition coefficient (Wildman–Crippen LogP) is 2.50. The minimum absolute atomic E-state index is 0.0595. The van der Waals surface area contributed by atoms with Crippen LogP contribution in [0.1, 0.15) is 35.0 Å². The summed E-state index contributed by atoms with van der Waals surface area (Å²) in [5, 5.41) is 28.6. The molecule has 4 heterocycles. The number of carbonyl (C=O) groups is 1. The van der Waals surface area contributed by atoms with Crippen molar-refractivity contribution in [2.75, 3.05) is 31.1 Å². The van der Waals surface area contributed by atoms with Crippen LogP contribution < -0.4 is 4.90 Å². The number of aryl methyl sites for hydroxylation is 1. The van der Waals surface area contributed by atoms with Crippen molar-refractivity contribution in [1.82, 2.24) is 29.7 Å². The number of hydrogen-bond acceptors (Lipinski definition) is 8. The van der Waals surface area contributed by atoms with Crippen molar-refractivity contribution in [3.05, 3.63) is 58.5 Å². The number of aliphatic hydroxyl groups excluding tert-OH is 1. The van der Waals surface area contributed by atoms with Crippen LogP contribution in [0.3, 0.4) is 0 Å². The van der Waals surface area contributed by atoms with Crippen LogP contribution in [0.15, 0.2) is 29.5 Å². The molecule has 38 heavy (non-hydrogen) atoms. The average Bonchev–Trinajstić information content (AvgIpc) is 3.53. The Morgan fingerprint density at radius 3 is 2.68 bits per heavy atom. The molecule has 0 radical (unpaired) electrons. The summed E-state index contributed by atoms with van der Waals surface area (Å²) in [5.74, 6) is -0.858. The van der Waals surface area contributed by atoms with E-state index in [-0.39, 0.29) is 23.9 Å². The highest BCUT2D eigenvalue weighted by Crippen LogP contribution is 2.32. The van der Waals surface area contributed by atoms with Crippen molar-refractivity contribution in [3.8, 4) is 17.3 Å². The number of halogens is 2. The lowest BCUT2D eigenvalue weighted by molar-refractivity contribution is 0.139. The van der Waals surface area contributed by atoms with E-state index in [0.717, 1.165) is 12.3 Å². The zero-order chi connectivity index (χ0) is 27.0. The van der Waals surface area contributed by atoms with Gasteiger partial charge in [-0.2, -0.15) is 15.5 Å². The third-order valence-corrected chi connectivity index (χ3v) is 6.82. The first-order chi connectivity index (χ1) is 18.3. The second-order valence-electron chi connectivity index (χ2n) is 9.09. The fourth-order valence-corrected chi connectivity index (χ4v) is 4.77. The number of nitrogens with zero attached hydrogens (tertiary/aromatic N) is 9. The van der Waals surface area contributed by atoms with Crippen LogP contribution in [0.2, 0.25) is 0 Å². The second kappa shape index (κ2) is 10.1. The van der Waals surface area contributed by atoms with E-state index in [1.54, 1.807) is 35.8 Å². The number of anilines is 1. The molecule has 1 unspecified atom stereocenters. The molecular formula is C25H25F2N9O2. The normalized spacial score (nSPS) is 17.3. The molecule has 2 aliphatic heterocycles.